The van der Waals surface area contributed by atoms with E-state index in [0.29, 0.717) is 49.8 Å². The van der Waals surface area contributed by atoms with Gasteiger partial charge in [0.05, 0.1) is 33.0 Å². The third-order valence-electron chi connectivity index (χ3n) is 4.44. The first-order valence-electron chi connectivity index (χ1n) is 8.81. The van der Waals surface area contributed by atoms with E-state index in [2.05, 4.69) is 24.8 Å². The van der Waals surface area contributed by atoms with Crippen molar-refractivity contribution < 1.29 is 14.6 Å². The van der Waals surface area contributed by atoms with E-state index in [9.17, 15) is 5.11 Å². The summed E-state index contributed by atoms with van der Waals surface area (Å²) in [5.41, 5.74) is 1.42. The quantitative estimate of drug-likeness (QED) is 0.816. The second-order valence-corrected chi connectivity index (χ2v) is 6.17. The molecule has 0 unspecified atom stereocenters. The Morgan fingerprint density at radius 1 is 0.846 bits per heavy atom. The minimum Gasteiger partial charge on any atom is -0.392 e. The minimum atomic E-state index is -0.0391. The van der Waals surface area contributed by atoms with Gasteiger partial charge in [0.15, 0.2) is 5.82 Å². The number of hydrogen-bond donors (Lipinski definition) is 1. The van der Waals surface area contributed by atoms with Crippen molar-refractivity contribution >= 4 is 11.9 Å². The van der Waals surface area contributed by atoms with Gasteiger partial charge in [-0.2, -0.15) is 15.0 Å². The molecule has 2 aromatic heterocycles. The zero-order valence-electron chi connectivity index (χ0n) is 14.5. The Hall–Kier alpha value is -2.36. The second-order valence-electron chi connectivity index (χ2n) is 6.17. The van der Waals surface area contributed by atoms with Gasteiger partial charge in [-0.05, 0) is 11.6 Å². The molecule has 4 rings (SSSR count). The number of rotatable bonds is 4. The molecule has 0 atom stereocenters. The van der Waals surface area contributed by atoms with Crippen LogP contribution in [0.5, 0.6) is 0 Å². The Morgan fingerprint density at radius 2 is 1.42 bits per heavy atom. The summed E-state index contributed by atoms with van der Waals surface area (Å²) < 4.78 is 10.9. The predicted molar refractivity (Wildman–Crippen MR) is 95.0 cm³/mol. The summed E-state index contributed by atoms with van der Waals surface area (Å²) >= 11 is 0. The number of aromatic nitrogens is 4. The number of aliphatic hydroxyl groups is 1. The fraction of sp³-hybridized carbons (Fsp3) is 0.529. The van der Waals surface area contributed by atoms with Crippen LogP contribution in [0.25, 0.3) is 11.5 Å². The van der Waals surface area contributed by atoms with E-state index < -0.39 is 0 Å². The summed E-state index contributed by atoms with van der Waals surface area (Å²) in [6, 6.07) is 3.65. The molecule has 0 radical (unpaired) electrons. The summed E-state index contributed by atoms with van der Waals surface area (Å²) in [4.78, 5) is 22.6. The second kappa shape index (κ2) is 7.90. The van der Waals surface area contributed by atoms with Gasteiger partial charge in [-0.25, -0.2) is 0 Å². The molecule has 0 spiro atoms. The van der Waals surface area contributed by atoms with Crippen LogP contribution in [0.4, 0.5) is 11.9 Å². The van der Waals surface area contributed by atoms with Gasteiger partial charge in [-0.15, -0.1) is 0 Å². The van der Waals surface area contributed by atoms with Crippen LogP contribution in [0.2, 0.25) is 0 Å². The van der Waals surface area contributed by atoms with Crippen LogP contribution in [0.3, 0.4) is 0 Å². The molecule has 138 valence electrons. The highest BCUT2D eigenvalue weighted by Gasteiger charge is 2.21. The van der Waals surface area contributed by atoms with Crippen molar-refractivity contribution in [2.24, 2.45) is 0 Å². The van der Waals surface area contributed by atoms with Crippen molar-refractivity contribution in [3.63, 3.8) is 0 Å². The van der Waals surface area contributed by atoms with Crippen molar-refractivity contribution in [1.29, 1.82) is 0 Å². The summed E-state index contributed by atoms with van der Waals surface area (Å²) in [6.07, 6.45) is 1.64. The molecule has 2 fully saturated rings. The van der Waals surface area contributed by atoms with Gasteiger partial charge >= 0.3 is 0 Å². The number of morpholine rings is 2. The molecule has 0 aliphatic carbocycles. The van der Waals surface area contributed by atoms with Crippen molar-refractivity contribution in [1.82, 2.24) is 19.9 Å². The molecule has 0 bridgehead atoms. The van der Waals surface area contributed by atoms with Crippen LogP contribution in [-0.2, 0) is 16.1 Å². The maximum absolute atomic E-state index is 9.21. The fourth-order valence-corrected chi connectivity index (χ4v) is 2.93. The molecule has 2 aliphatic rings. The third-order valence-corrected chi connectivity index (χ3v) is 4.44. The highest BCUT2D eigenvalue weighted by atomic mass is 16.5. The first-order valence-corrected chi connectivity index (χ1v) is 8.81. The first kappa shape index (κ1) is 17.1. The topological polar surface area (TPSA) is 96.7 Å². The van der Waals surface area contributed by atoms with Crippen LogP contribution in [-0.4, -0.2) is 77.6 Å². The van der Waals surface area contributed by atoms with Gasteiger partial charge in [0, 0.05) is 32.4 Å². The van der Waals surface area contributed by atoms with Gasteiger partial charge in [-0.3, -0.25) is 4.98 Å². The van der Waals surface area contributed by atoms with Crippen molar-refractivity contribution in [2.45, 2.75) is 6.61 Å². The molecule has 2 aliphatic heterocycles. The van der Waals surface area contributed by atoms with Crippen molar-refractivity contribution in [3.8, 4) is 11.5 Å². The van der Waals surface area contributed by atoms with Crippen LogP contribution in [0, 0.1) is 0 Å². The monoisotopic (exact) mass is 358 g/mol. The van der Waals surface area contributed by atoms with Crippen molar-refractivity contribution in [2.75, 3.05) is 62.4 Å². The van der Waals surface area contributed by atoms with Gasteiger partial charge in [0.25, 0.3) is 0 Å². The Balaban J connectivity index is 1.70. The molecule has 1 N–H and O–H groups in total. The molecular weight excluding hydrogens is 336 g/mol. The average molecular weight is 358 g/mol. The summed E-state index contributed by atoms with van der Waals surface area (Å²) in [6.45, 7) is 5.63. The van der Waals surface area contributed by atoms with E-state index in [4.69, 9.17) is 14.5 Å². The van der Waals surface area contributed by atoms with Crippen LogP contribution in [0.15, 0.2) is 18.3 Å². The molecule has 0 amide bonds. The summed E-state index contributed by atoms with van der Waals surface area (Å²) in [5.74, 6) is 1.83. The van der Waals surface area contributed by atoms with Gasteiger partial charge in [-0.1, -0.05) is 6.07 Å². The SMILES string of the molecule is OCc1ccc(-c2nc(N3CCOCC3)nc(N3CCOCC3)n2)nc1. The summed E-state index contributed by atoms with van der Waals surface area (Å²) in [5, 5.41) is 9.21. The van der Waals surface area contributed by atoms with Gasteiger partial charge < -0.3 is 24.4 Å². The van der Waals surface area contributed by atoms with E-state index >= 15 is 0 Å². The van der Waals surface area contributed by atoms with E-state index in [1.54, 1.807) is 6.20 Å². The molecular formula is C17H22N6O3. The van der Waals surface area contributed by atoms with E-state index in [1.807, 2.05) is 12.1 Å². The predicted octanol–water partition coefficient (Wildman–Crippen LogP) is 0.0991. The molecule has 4 heterocycles. The average Bonchev–Trinajstić information content (AvgIpc) is 2.75. The maximum atomic E-state index is 9.21. The lowest BCUT2D eigenvalue weighted by molar-refractivity contribution is 0.121. The number of hydrogen-bond acceptors (Lipinski definition) is 9. The number of nitrogens with zero attached hydrogens (tertiary/aromatic N) is 6. The maximum Gasteiger partial charge on any atom is 0.230 e. The lowest BCUT2D eigenvalue weighted by Gasteiger charge is -2.30. The molecule has 26 heavy (non-hydrogen) atoms. The number of pyridine rings is 1. The van der Waals surface area contributed by atoms with Gasteiger partial charge in [0.2, 0.25) is 11.9 Å². The number of anilines is 2. The van der Waals surface area contributed by atoms with Crippen molar-refractivity contribution in [3.05, 3.63) is 23.9 Å². The number of ether oxygens (including phenoxy) is 2. The lowest BCUT2D eigenvalue weighted by Crippen LogP contribution is -2.40. The van der Waals surface area contributed by atoms with Crippen LogP contribution < -0.4 is 9.80 Å². The summed E-state index contributed by atoms with van der Waals surface area (Å²) in [7, 11) is 0. The molecule has 2 saturated heterocycles. The molecule has 9 heteroatoms. The smallest absolute Gasteiger partial charge is 0.230 e. The van der Waals surface area contributed by atoms with E-state index in [1.165, 1.54) is 0 Å². The Labute approximate surface area is 151 Å². The zero-order chi connectivity index (χ0) is 17.8. The third kappa shape index (κ3) is 3.74. The van der Waals surface area contributed by atoms with E-state index in [-0.39, 0.29) is 6.61 Å². The molecule has 0 aromatic carbocycles. The normalized spacial score (nSPS) is 18.2. The van der Waals surface area contributed by atoms with Gasteiger partial charge in [0.1, 0.15) is 5.69 Å². The lowest BCUT2D eigenvalue weighted by atomic mass is 10.2. The van der Waals surface area contributed by atoms with Crippen LogP contribution in [0.1, 0.15) is 5.56 Å². The Kier molecular flexibility index (Phi) is 5.19. The fourth-order valence-electron chi connectivity index (χ4n) is 2.93. The molecule has 2 aromatic rings. The number of aliphatic hydroxyl groups excluding tert-OH is 1. The minimum absolute atomic E-state index is 0.0391. The highest BCUT2D eigenvalue weighted by molar-refractivity contribution is 5.55. The molecule has 0 saturated carbocycles. The Morgan fingerprint density at radius 3 is 1.88 bits per heavy atom. The molecule has 9 nitrogen and oxygen atoms in total. The first-order chi connectivity index (χ1) is 12.8. The van der Waals surface area contributed by atoms with Crippen LogP contribution >= 0.6 is 0 Å². The van der Waals surface area contributed by atoms with E-state index in [0.717, 1.165) is 31.7 Å². The largest absolute Gasteiger partial charge is 0.392 e. The standard InChI is InChI=1S/C17H22N6O3/c24-12-13-1-2-14(18-11-13)15-19-16(22-3-7-25-8-4-22)21-17(20-15)23-5-9-26-10-6-23/h1-2,11,24H,3-10,12H2. The Bertz CT molecular complexity index is 694. The highest BCUT2D eigenvalue weighted by Crippen LogP contribution is 2.21. The zero-order valence-corrected chi connectivity index (χ0v) is 14.5.